The summed E-state index contributed by atoms with van der Waals surface area (Å²) in [5.41, 5.74) is -0.560. The molecule has 1 saturated carbocycles. The number of nitrogens with one attached hydrogen (secondary N) is 1. The first-order valence-corrected chi connectivity index (χ1v) is 8.21. The molecule has 1 saturated heterocycles. The Balaban J connectivity index is 2.34. The third-order valence-electron chi connectivity index (χ3n) is 4.96. The molecule has 1 heterocycles. The Morgan fingerprint density at radius 3 is 2.45 bits per heavy atom. The van der Waals surface area contributed by atoms with Gasteiger partial charge in [-0.3, -0.25) is 9.59 Å². The molecule has 0 bridgehead atoms. The highest BCUT2D eigenvalue weighted by molar-refractivity contribution is 6.00. The SMILES string of the molecule is CCCC(C)N1C(=O)C(CC)NC(=O)C12CCCCC2. The van der Waals surface area contributed by atoms with Crippen LogP contribution in [0.2, 0.25) is 0 Å². The first-order chi connectivity index (χ1) is 9.56. The van der Waals surface area contributed by atoms with Crippen molar-refractivity contribution < 1.29 is 9.59 Å². The van der Waals surface area contributed by atoms with Crippen LogP contribution in [0.3, 0.4) is 0 Å². The number of rotatable bonds is 4. The van der Waals surface area contributed by atoms with Crippen molar-refractivity contribution in [1.29, 1.82) is 0 Å². The van der Waals surface area contributed by atoms with E-state index in [1.54, 1.807) is 0 Å². The summed E-state index contributed by atoms with van der Waals surface area (Å²) in [7, 11) is 0. The van der Waals surface area contributed by atoms with Gasteiger partial charge in [-0.25, -0.2) is 0 Å². The van der Waals surface area contributed by atoms with Crippen molar-refractivity contribution in [2.24, 2.45) is 0 Å². The average Bonchev–Trinajstić information content (AvgIpc) is 2.44. The summed E-state index contributed by atoms with van der Waals surface area (Å²) in [6.45, 7) is 6.20. The minimum Gasteiger partial charge on any atom is -0.342 e. The van der Waals surface area contributed by atoms with Gasteiger partial charge in [0.05, 0.1) is 0 Å². The van der Waals surface area contributed by atoms with Crippen molar-refractivity contribution in [3.05, 3.63) is 0 Å². The average molecular weight is 280 g/mol. The maximum Gasteiger partial charge on any atom is 0.246 e. The summed E-state index contributed by atoms with van der Waals surface area (Å²) < 4.78 is 0. The third kappa shape index (κ3) is 2.45. The Hall–Kier alpha value is -1.06. The molecule has 1 N–H and O–H groups in total. The molecule has 2 atom stereocenters. The van der Waals surface area contributed by atoms with E-state index in [1.165, 1.54) is 6.42 Å². The Morgan fingerprint density at radius 2 is 1.90 bits per heavy atom. The minimum atomic E-state index is -0.560. The first-order valence-electron chi connectivity index (χ1n) is 8.21. The summed E-state index contributed by atoms with van der Waals surface area (Å²) in [6, 6.07) is -0.167. The molecule has 2 fully saturated rings. The highest BCUT2D eigenvalue weighted by Crippen LogP contribution is 2.38. The number of carbonyl (C=O) groups is 2. The molecule has 2 amide bonds. The topological polar surface area (TPSA) is 49.4 Å². The number of hydrogen-bond acceptors (Lipinski definition) is 2. The lowest BCUT2D eigenvalue weighted by Gasteiger charge is -2.52. The van der Waals surface area contributed by atoms with Gasteiger partial charge in [-0.1, -0.05) is 39.5 Å². The maximum absolute atomic E-state index is 12.8. The molecule has 2 aliphatic rings. The zero-order valence-electron chi connectivity index (χ0n) is 13.1. The molecule has 2 rings (SSSR count). The van der Waals surface area contributed by atoms with Crippen molar-refractivity contribution in [3.8, 4) is 0 Å². The van der Waals surface area contributed by atoms with Gasteiger partial charge < -0.3 is 10.2 Å². The molecule has 0 aromatic carbocycles. The van der Waals surface area contributed by atoms with Gasteiger partial charge in [0.25, 0.3) is 0 Å². The lowest BCUT2D eigenvalue weighted by atomic mass is 9.76. The molecule has 4 nitrogen and oxygen atoms in total. The molecule has 0 aromatic rings. The molecular weight excluding hydrogens is 252 g/mol. The molecule has 2 unspecified atom stereocenters. The molecular formula is C16H28N2O2. The largest absolute Gasteiger partial charge is 0.342 e. The van der Waals surface area contributed by atoms with Crippen molar-refractivity contribution in [2.75, 3.05) is 0 Å². The summed E-state index contributed by atoms with van der Waals surface area (Å²) in [5.74, 6) is 0.224. The Kier molecular flexibility index (Phi) is 4.71. The van der Waals surface area contributed by atoms with E-state index < -0.39 is 5.54 Å². The lowest BCUT2D eigenvalue weighted by molar-refractivity contribution is -0.163. The Bertz CT molecular complexity index is 375. The van der Waals surface area contributed by atoms with Gasteiger partial charge in [-0.15, -0.1) is 0 Å². The number of carbonyl (C=O) groups excluding carboxylic acids is 2. The van der Waals surface area contributed by atoms with Crippen LogP contribution in [0.1, 0.15) is 72.1 Å². The Morgan fingerprint density at radius 1 is 1.25 bits per heavy atom. The predicted molar refractivity (Wildman–Crippen MR) is 79.3 cm³/mol. The van der Waals surface area contributed by atoms with Crippen molar-refractivity contribution >= 4 is 11.8 Å². The van der Waals surface area contributed by atoms with Gasteiger partial charge in [0.15, 0.2) is 0 Å². The fraction of sp³-hybridized carbons (Fsp3) is 0.875. The molecule has 1 aliphatic carbocycles. The van der Waals surface area contributed by atoms with Gasteiger partial charge in [-0.05, 0) is 32.6 Å². The van der Waals surface area contributed by atoms with Gasteiger partial charge in [0.1, 0.15) is 11.6 Å². The monoisotopic (exact) mass is 280 g/mol. The van der Waals surface area contributed by atoms with Gasteiger partial charge in [-0.2, -0.15) is 0 Å². The normalized spacial score (nSPS) is 27.6. The van der Waals surface area contributed by atoms with E-state index in [1.807, 2.05) is 11.8 Å². The van der Waals surface area contributed by atoms with Crippen LogP contribution in [0.5, 0.6) is 0 Å². The van der Waals surface area contributed by atoms with Crippen molar-refractivity contribution in [3.63, 3.8) is 0 Å². The molecule has 0 radical (unpaired) electrons. The standard InChI is InChI=1S/C16H28N2O2/c1-4-9-12(3)18-14(19)13(5-2)17-15(20)16(18)10-7-6-8-11-16/h12-13H,4-11H2,1-3H3,(H,17,20). The number of hydrogen-bond donors (Lipinski definition) is 1. The maximum atomic E-state index is 12.8. The second-order valence-electron chi connectivity index (χ2n) is 6.37. The van der Waals surface area contributed by atoms with E-state index >= 15 is 0 Å². The summed E-state index contributed by atoms with van der Waals surface area (Å²) in [5, 5.41) is 2.97. The smallest absolute Gasteiger partial charge is 0.246 e. The third-order valence-corrected chi connectivity index (χ3v) is 4.96. The quantitative estimate of drug-likeness (QED) is 0.860. The zero-order valence-corrected chi connectivity index (χ0v) is 13.1. The molecule has 1 spiro atoms. The molecule has 20 heavy (non-hydrogen) atoms. The van der Waals surface area contributed by atoms with E-state index in [9.17, 15) is 9.59 Å². The number of amides is 2. The van der Waals surface area contributed by atoms with Crippen LogP contribution in [0.15, 0.2) is 0 Å². The molecule has 114 valence electrons. The van der Waals surface area contributed by atoms with Gasteiger partial charge >= 0.3 is 0 Å². The fourth-order valence-corrected chi connectivity index (χ4v) is 3.91. The highest BCUT2D eigenvalue weighted by atomic mass is 16.2. The number of piperazine rings is 1. The van der Waals surface area contributed by atoms with E-state index in [0.29, 0.717) is 6.42 Å². The van der Waals surface area contributed by atoms with Crippen LogP contribution in [0.4, 0.5) is 0 Å². The van der Waals surface area contributed by atoms with Crippen LogP contribution in [0, 0.1) is 0 Å². The summed E-state index contributed by atoms with van der Waals surface area (Å²) >= 11 is 0. The van der Waals surface area contributed by atoms with Crippen LogP contribution in [-0.2, 0) is 9.59 Å². The van der Waals surface area contributed by atoms with Crippen LogP contribution < -0.4 is 5.32 Å². The van der Waals surface area contributed by atoms with E-state index in [4.69, 9.17) is 0 Å². The van der Waals surface area contributed by atoms with E-state index in [-0.39, 0.29) is 23.9 Å². The zero-order chi connectivity index (χ0) is 14.8. The molecule has 4 heteroatoms. The van der Waals surface area contributed by atoms with Gasteiger partial charge in [0.2, 0.25) is 11.8 Å². The summed E-state index contributed by atoms with van der Waals surface area (Å²) in [4.78, 5) is 27.5. The number of nitrogens with zero attached hydrogens (tertiary/aromatic N) is 1. The lowest BCUT2D eigenvalue weighted by Crippen LogP contribution is -2.72. The second-order valence-corrected chi connectivity index (χ2v) is 6.37. The Labute approximate surface area is 122 Å². The first kappa shape index (κ1) is 15.3. The summed E-state index contributed by atoms with van der Waals surface area (Å²) in [6.07, 6.45) is 7.62. The van der Waals surface area contributed by atoms with Crippen LogP contribution in [-0.4, -0.2) is 34.3 Å². The van der Waals surface area contributed by atoms with Crippen molar-refractivity contribution in [1.82, 2.24) is 10.2 Å². The van der Waals surface area contributed by atoms with Crippen molar-refractivity contribution in [2.45, 2.75) is 89.8 Å². The van der Waals surface area contributed by atoms with E-state index in [0.717, 1.165) is 38.5 Å². The molecule has 1 aliphatic heterocycles. The molecule has 0 aromatic heterocycles. The minimum absolute atomic E-state index is 0.0894. The highest BCUT2D eigenvalue weighted by Gasteiger charge is 2.53. The predicted octanol–water partition coefficient (Wildman–Crippen LogP) is 2.61. The van der Waals surface area contributed by atoms with E-state index in [2.05, 4.69) is 19.2 Å². The van der Waals surface area contributed by atoms with Crippen LogP contribution in [0.25, 0.3) is 0 Å². The van der Waals surface area contributed by atoms with Gasteiger partial charge in [0, 0.05) is 6.04 Å². The van der Waals surface area contributed by atoms with Crippen LogP contribution >= 0.6 is 0 Å². The fourth-order valence-electron chi connectivity index (χ4n) is 3.91. The second kappa shape index (κ2) is 6.15.